The second-order valence-electron chi connectivity index (χ2n) is 2.75. The minimum atomic E-state index is 0.0219. The molecule has 1 nitrogen and oxygen atoms in total. The van der Waals surface area contributed by atoms with E-state index in [1.807, 2.05) is 19.9 Å². The molecule has 0 rings (SSSR count). The van der Waals surface area contributed by atoms with Gasteiger partial charge in [0.05, 0.1) is 0 Å². The molecule has 0 aromatic heterocycles. The van der Waals surface area contributed by atoms with E-state index in [1.54, 1.807) is 13.0 Å². The van der Waals surface area contributed by atoms with Gasteiger partial charge in [-0.15, -0.1) is 0 Å². The lowest BCUT2D eigenvalue weighted by Crippen LogP contribution is -1.92. The van der Waals surface area contributed by atoms with Crippen LogP contribution in [0, 0.1) is 5.92 Å². The predicted octanol–water partition coefficient (Wildman–Crippen LogP) is 2.34. The first kappa shape index (κ1) is 9.15. The molecule has 0 spiro atoms. The molecule has 0 aliphatic rings. The summed E-state index contributed by atoms with van der Waals surface area (Å²) >= 11 is 0. The second kappa shape index (κ2) is 4.04. The molecule has 0 saturated heterocycles. The lowest BCUT2D eigenvalue weighted by Gasteiger charge is -1.92. The van der Waals surface area contributed by atoms with Crippen LogP contribution in [0.4, 0.5) is 0 Å². The van der Waals surface area contributed by atoms with Crippen molar-refractivity contribution in [2.24, 2.45) is 5.92 Å². The van der Waals surface area contributed by atoms with Crippen molar-refractivity contribution in [3.05, 3.63) is 24.3 Å². The Morgan fingerprint density at radius 1 is 1.50 bits per heavy atom. The molecule has 0 atom stereocenters. The minimum Gasteiger partial charge on any atom is -0.290 e. The summed E-state index contributed by atoms with van der Waals surface area (Å²) in [4.78, 5) is 10.9. The third-order valence-corrected chi connectivity index (χ3v) is 1.05. The Morgan fingerprint density at radius 2 is 2.00 bits per heavy atom. The van der Waals surface area contributed by atoms with Gasteiger partial charge in [-0.25, -0.2) is 0 Å². The van der Waals surface area contributed by atoms with Crippen molar-refractivity contribution in [1.29, 1.82) is 0 Å². The lowest BCUT2D eigenvalue weighted by molar-refractivity contribution is -0.111. The third-order valence-electron chi connectivity index (χ3n) is 1.05. The van der Waals surface area contributed by atoms with E-state index < -0.39 is 0 Å². The molecule has 0 aromatic rings. The molecule has 0 saturated carbocycles. The van der Waals surface area contributed by atoms with Gasteiger partial charge in [0.2, 0.25) is 0 Å². The van der Waals surface area contributed by atoms with Crippen LogP contribution in [0.2, 0.25) is 0 Å². The topological polar surface area (TPSA) is 17.1 Å². The van der Waals surface area contributed by atoms with Gasteiger partial charge in [-0.1, -0.05) is 26.5 Å². The van der Waals surface area contributed by atoms with E-state index in [9.17, 15) is 4.79 Å². The Labute approximate surface area is 62.4 Å². The molecule has 0 fully saturated rings. The molecule has 0 radical (unpaired) electrons. The SMILES string of the molecule is C=C(C)C(=O)/C=C\C(C)C. The molecular weight excluding hydrogens is 124 g/mol. The number of carbonyl (C=O) groups is 1. The van der Waals surface area contributed by atoms with E-state index in [2.05, 4.69) is 6.58 Å². The van der Waals surface area contributed by atoms with Gasteiger partial charge in [0.25, 0.3) is 0 Å². The third kappa shape index (κ3) is 4.07. The van der Waals surface area contributed by atoms with Crippen LogP contribution in [0.25, 0.3) is 0 Å². The summed E-state index contributed by atoms with van der Waals surface area (Å²) in [7, 11) is 0. The summed E-state index contributed by atoms with van der Waals surface area (Å²) in [6, 6.07) is 0. The van der Waals surface area contributed by atoms with Crippen LogP contribution in [0.1, 0.15) is 20.8 Å². The molecule has 0 aliphatic carbocycles. The Bertz CT molecular complexity index is 164. The van der Waals surface area contributed by atoms with Crippen LogP contribution in [-0.2, 0) is 4.79 Å². The lowest BCUT2D eigenvalue weighted by atomic mass is 10.1. The molecular formula is C9H14O. The van der Waals surface area contributed by atoms with Crippen LogP contribution >= 0.6 is 0 Å². The Hall–Kier alpha value is -0.850. The smallest absolute Gasteiger partial charge is 0.180 e. The van der Waals surface area contributed by atoms with E-state index in [-0.39, 0.29) is 5.78 Å². The van der Waals surface area contributed by atoms with Gasteiger partial charge in [0, 0.05) is 0 Å². The molecule has 0 bridgehead atoms. The van der Waals surface area contributed by atoms with Crippen molar-refractivity contribution in [2.75, 3.05) is 0 Å². The molecule has 0 heterocycles. The first-order valence-corrected chi connectivity index (χ1v) is 3.42. The van der Waals surface area contributed by atoms with Crippen molar-refractivity contribution in [2.45, 2.75) is 20.8 Å². The average Bonchev–Trinajstić information content (AvgIpc) is 1.82. The Kier molecular flexibility index (Phi) is 3.70. The van der Waals surface area contributed by atoms with Crippen LogP contribution in [0.5, 0.6) is 0 Å². The zero-order chi connectivity index (χ0) is 8.15. The highest BCUT2D eigenvalue weighted by atomic mass is 16.1. The molecule has 56 valence electrons. The highest BCUT2D eigenvalue weighted by Gasteiger charge is 1.94. The maximum Gasteiger partial charge on any atom is 0.180 e. The summed E-state index contributed by atoms with van der Waals surface area (Å²) in [5.74, 6) is 0.456. The van der Waals surface area contributed by atoms with Crippen LogP contribution in [-0.4, -0.2) is 5.78 Å². The standard InChI is InChI=1S/C9H14O/c1-7(2)5-6-9(10)8(3)4/h5-7H,3H2,1-2,4H3/b6-5-. The number of rotatable bonds is 3. The van der Waals surface area contributed by atoms with Crippen molar-refractivity contribution >= 4 is 5.78 Å². The molecule has 0 aliphatic heterocycles. The first-order valence-electron chi connectivity index (χ1n) is 3.42. The summed E-state index contributed by atoms with van der Waals surface area (Å²) in [6.07, 6.45) is 3.45. The zero-order valence-corrected chi connectivity index (χ0v) is 6.85. The molecule has 1 heteroatoms. The van der Waals surface area contributed by atoms with Crippen molar-refractivity contribution in [3.8, 4) is 0 Å². The fourth-order valence-corrected chi connectivity index (χ4v) is 0.422. The molecule has 0 aromatic carbocycles. The van der Waals surface area contributed by atoms with Crippen LogP contribution in [0.3, 0.4) is 0 Å². The summed E-state index contributed by atoms with van der Waals surface area (Å²) in [5, 5.41) is 0. The average molecular weight is 138 g/mol. The van der Waals surface area contributed by atoms with Gasteiger partial charge in [0.15, 0.2) is 5.78 Å². The van der Waals surface area contributed by atoms with Gasteiger partial charge in [0.1, 0.15) is 0 Å². The fourth-order valence-electron chi connectivity index (χ4n) is 0.422. The minimum absolute atomic E-state index is 0.0219. The highest BCUT2D eigenvalue weighted by molar-refractivity contribution is 6.02. The first-order chi connectivity index (χ1) is 4.54. The quantitative estimate of drug-likeness (QED) is 0.547. The fraction of sp³-hybridized carbons (Fsp3) is 0.444. The Balaban J connectivity index is 3.91. The van der Waals surface area contributed by atoms with Crippen molar-refractivity contribution < 1.29 is 4.79 Å². The molecule has 10 heavy (non-hydrogen) atoms. The van der Waals surface area contributed by atoms with Crippen molar-refractivity contribution in [1.82, 2.24) is 0 Å². The molecule has 0 unspecified atom stereocenters. The largest absolute Gasteiger partial charge is 0.290 e. The highest BCUT2D eigenvalue weighted by Crippen LogP contribution is 1.97. The predicted molar refractivity (Wildman–Crippen MR) is 43.8 cm³/mol. The summed E-state index contributed by atoms with van der Waals surface area (Å²) < 4.78 is 0. The van der Waals surface area contributed by atoms with Crippen molar-refractivity contribution in [3.63, 3.8) is 0 Å². The van der Waals surface area contributed by atoms with E-state index >= 15 is 0 Å². The van der Waals surface area contributed by atoms with E-state index in [1.165, 1.54) is 0 Å². The zero-order valence-electron chi connectivity index (χ0n) is 6.85. The maximum atomic E-state index is 10.9. The number of hydrogen-bond acceptors (Lipinski definition) is 1. The number of carbonyl (C=O) groups excluding carboxylic acids is 1. The molecule has 0 amide bonds. The normalized spacial score (nSPS) is 10.8. The van der Waals surface area contributed by atoms with Gasteiger partial charge >= 0.3 is 0 Å². The maximum absolute atomic E-state index is 10.9. The van der Waals surface area contributed by atoms with Gasteiger partial charge < -0.3 is 0 Å². The van der Waals surface area contributed by atoms with E-state index in [0.717, 1.165) is 0 Å². The number of hydrogen-bond donors (Lipinski definition) is 0. The Morgan fingerprint density at radius 3 is 2.30 bits per heavy atom. The second-order valence-corrected chi connectivity index (χ2v) is 2.75. The number of ketones is 1. The summed E-state index contributed by atoms with van der Waals surface area (Å²) in [5.41, 5.74) is 0.594. The number of allylic oxidation sites excluding steroid dienone is 3. The van der Waals surface area contributed by atoms with Gasteiger partial charge in [-0.05, 0) is 24.5 Å². The van der Waals surface area contributed by atoms with Gasteiger partial charge in [-0.2, -0.15) is 0 Å². The van der Waals surface area contributed by atoms with E-state index in [4.69, 9.17) is 0 Å². The van der Waals surface area contributed by atoms with Crippen LogP contribution < -0.4 is 0 Å². The van der Waals surface area contributed by atoms with Gasteiger partial charge in [-0.3, -0.25) is 4.79 Å². The summed E-state index contributed by atoms with van der Waals surface area (Å²) in [6.45, 7) is 9.31. The molecule has 0 N–H and O–H groups in total. The monoisotopic (exact) mass is 138 g/mol. The van der Waals surface area contributed by atoms with Crippen LogP contribution in [0.15, 0.2) is 24.3 Å². The van der Waals surface area contributed by atoms with E-state index in [0.29, 0.717) is 11.5 Å².